The molecule has 1 unspecified atom stereocenters. The molecule has 1 atom stereocenters. The standard InChI is InChI=1S/C17H18O4/c1-20-17(21-19,15-10-6-3-7-11-15)13-12-16(18)14-8-4-2-5-9-14/h2-11,19H,12-13H2,1H3. The summed E-state index contributed by atoms with van der Waals surface area (Å²) in [6.45, 7) is 0. The summed E-state index contributed by atoms with van der Waals surface area (Å²) in [5, 5.41) is 9.28. The Kier molecular flexibility index (Phi) is 5.22. The van der Waals surface area contributed by atoms with Crippen molar-refractivity contribution in [1.29, 1.82) is 0 Å². The molecule has 0 radical (unpaired) electrons. The fourth-order valence-electron chi connectivity index (χ4n) is 2.24. The smallest absolute Gasteiger partial charge is 0.227 e. The fraction of sp³-hybridized carbons (Fsp3) is 0.235. The molecule has 0 aliphatic rings. The summed E-state index contributed by atoms with van der Waals surface area (Å²) in [6.07, 6.45) is 0.422. The Morgan fingerprint density at radius 3 is 2.14 bits per heavy atom. The molecule has 1 N–H and O–H groups in total. The number of hydrogen-bond acceptors (Lipinski definition) is 4. The minimum atomic E-state index is -1.33. The van der Waals surface area contributed by atoms with Gasteiger partial charge in [-0.05, 0) is 0 Å². The predicted octanol–water partition coefficient (Wildman–Crippen LogP) is 3.64. The third-order valence-corrected chi connectivity index (χ3v) is 3.47. The molecule has 21 heavy (non-hydrogen) atoms. The molecule has 2 aromatic carbocycles. The first-order chi connectivity index (χ1) is 10.2. The Morgan fingerprint density at radius 2 is 1.62 bits per heavy atom. The van der Waals surface area contributed by atoms with Gasteiger partial charge >= 0.3 is 0 Å². The molecule has 0 heterocycles. The predicted molar refractivity (Wildman–Crippen MR) is 78.8 cm³/mol. The Bertz CT molecular complexity index is 562. The van der Waals surface area contributed by atoms with Gasteiger partial charge < -0.3 is 4.74 Å². The lowest BCUT2D eigenvalue weighted by Crippen LogP contribution is -2.31. The highest BCUT2D eigenvalue weighted by molar-refractivity contribution is 5.96. The van der Waals surface area contributed by atoms with Gasteiger partial charge in [-0.2, -0.15) is 4.89 Å². The van der Waals surface area contributed by atoms with Gasteiger partial charge in [0.1, 0.15) is 0 Å². The molecule has 2 aromatic rings. The van der Waals surface area contributed by atoms with E-state index >= 15 is 0 Å². The summed E-state index contributed by atoms with van der Waals surface area (Å²) in [6, 6.07) is 18.1. The summed E-state index contributed by atoms with van der Waals surface area (Å²) in [4.78, 5) is 16.7. The van der Waals surface area contributed by atoms with Gasteiger partial charge in [-0.3, -0.25) is 4.79 Å². The van der Waals surface area contributed by atoms with E-state index in [0.717, 1.165) is 0 Å². The van der Waals surface area contributed by atoms with Crippen LogP contribution in [-0.4, -0.2) is 18.2 Å². The van der Waals surface area contributed by atoms with Gasteiger partial charge in [0.15, 0.2) is 5.78 Å². The van der Waals surface area contributed by atoms with E-state index in [4.69, 9.17) is 4.74 Å². The maximum absolute atomic E-state index is 12.2. The quantitative estimate of drug-likeness (QED) is 0.365. The molecule has 4 nitrogen and oxygen atoms in total. The average molecular weight is 286 g/mol. The van der Waals surface area contributed by atoms with Crippen LogP contribution in [0.5, 0.6) is 0 Å². The van der Waals surface area contributed by atoms with E-state index in [-0.39, 0.29) is 18.6 Å². The van der Waals surface area contributed by atoms with Gasteiger partial charge in [-0.1, -0.05) is 60.7 Å². The molecule has 0 fully saturated rings. The first kappa shape index (κ1) is 15.4. The molecule has 0 aliphatic carbocycles. The number of methoxy groups -OCH3 is 1. The zero-order chi connectivity index (χ0) is 15.1. The summed E-state index contributed by atoms with van der Waals surface area (Å²) < 4.78 is 5.33. The summed E-state index contributed by atoms with van der Waals surface area (Å²) >= 11 is 0. The van der Waals surface area contributed by atoms with Gasteiger partial charge in [0.05, 0.1) is 0 Å². The number of carbonyl (C=O) groups excluding carboxylic acids is 1. The van der Waals surface area contributed by atoms with Crippen molar-refractivity contribution in [3.05, 3.63) is 71.8 Å². The highest BCUT2D eigenvalue weighted by Crippen LogP contribution is 2.31. The SMILES string of the molecule is COC(CCC(=O)c1ccccc1)(OO)c1ccccc1. The maximum Gasteiger partial charge on any atom is 0.227 e. The first-order valence-electron chi connectivity index (χ1n) is 6.73. The summed E-state index contributed by atoms with van der Waals surface area (Å²) in [7, 11) is 1.44. The zero-order valence-electron chi connectivity index (χ0n) is 11.9. The van der Waals surface area contributed by atoms with Crippen LogP contribution in [0.25, 0.3) is 0 Å². The molecule has 0 amide bonds. The third kappa shape index (κ3) is 3.55. The fourth-order valence-corrected chi connectivity index (χ4v) is 2.24. The van der Waals surface area contributed by atoms with Crippen LogP contribution in [0.15, 0.2) is 60.7 Å². The van der Waals surface area contributed by atoms with Gasteiger partial charge in [0.25, 0.3) is 0 Å². The Balaban J connectivity index is 2.13. The normalized spacial score (nSPS) is 13.6. The van der Waals surface area contributed by atoms with E-state index in [9.17, 15) is 10.1 Å². The molecular weight excluding hydrogens is 268 g/mol. The molecule has 0 aliphatic heterocycles. The van der Waals surface area contributed by atoms with E-state index in [1.54, 1.807) is 24.3 Å². The van der Waals surface area contributed by atoms with Crippen molar-refractivity contribution in [2.45, 2.75) is 18.6 Å². The molecule has 0 saturated carbocycles. The van der Waals surface area contributed by atoms with Crippen molar-refractivity contribution in [1.82, 2.24) is 0 Å². The minimum Gasteiger partial charge on any atom is -0.347 e. The molecule has 0 saturated heterocycles. The molecule has 0 spiro atoms. The second-order valence-corrected chi connectivity index (χ2v) is 4.70. The highest BCUT2D eigenvalue weighted by Gasteiger charge is 2.34. The molecule has 4 heteroatoms. The van der Waals surface area contributed by atoms with E-state index < -0.39 is 5.79 Å². The Labute approximate surface area is 123 Å². The van der Waals surface area contributed by atoms with Gasteiger partial charge in [-0.25, -0.2) is 5.26 Å². The molecule has 0 aromatic heterocycles. The lowest BCUT2D eigenvalue weighted by atomic mass is 9.97. The number of benzene rings is 2. The second-order valence-electron chi connectivity index (χ2n) is 4.70. The van der Waals surface area contributed by atoms with Gasteiger partial charge in [0, 0.05) is 31.1 Å². The van der Waals surface area contributed by atoms with Crippen molar-refractivity contribution in [3.8, 4) is 0 Å². The lowest BCUT2D eigenvalue weighted by molar-refractivity contribution is -0.409. The Morgan fingerprint density at radius 1 is 1.05 bits per heavy atom. The number of ether oxygens (including phenoxy) is 1. The third-order valence-electron chi connectivity index (χ3n) is 3.47. The van der Waals surface area contributed by atoms with Gasteiger partial charge in [0.2, 0.25) is 5.79 Å². The molecule has 2 rings (SSSR count). The van der Waals surface area contributed by atoms with Crippen LogP contribution in [0.3, 0.4) is 0 Å². The number of Topliss-reactive ketones (excluding diaryl/α,β-unsaturated/α-hetero) is 1. The molecule has 0 bridgehead atoms. The van der Waals surface area contributed by atoms with E-state index in [1.807, 2.05) is 36.4 Å². The van der Waals surface area contributed by atoms with Crippen molar-refractivity contribution >= 4 is 5.78 Å². The van der Waals surface area contributed by atoms with Crippen LogP contribution in [0, 0.1) is 0 Å². The zero-order valence-corrected chi connectivity index (χ0v) is 11.9. The van der Waals surface area contributed by atoms with E-state index in [1.165, 1.54) is 7.11 Å². The molecule has 110 valence electrons. The van der Waals surface area contributed by atoms with Crippen molar-refractivity contribution < 1.29 is 19.7 Å². The first-order valence-corrected chi connectivity index (χ1v) is 6.73. The van der Waals surface area contributed by atoms with E-state index in [2.05, 4.69) is 4.89 Å². The number of hydrogen-bond donors (Lipinski definition) is 1. The summed E-state index contributed by atoms with van der Waals surface area (Å²) in [5.74, 6) is -1.35. The van der Waals surface area contributed by atoms with Crippen LogP contribution >= 0.6 is 0 Å². The van der Waals surface area contributed by atoms with Crippen molar-refractivity contribution in [2.24, 2.45) is 0 Å². The van der Waals surface area contributed by atoms with Crippen LogP contribution in [0.4, 0.5) is 0 Å². The van der Waals surface area contributed by atoms with Crippen molar-refractivity contribution in [3.63, 3.8) is 0 Å². The largest absolute Gasteiger partial charge is 0.347 e. The van der Waals surface area contributed by atoms with Crippen LogP contribution in [-0.2, 0) is 15.4 Å². The topological polar surface area (TPSA) is 55.8 Å². The van der Waals surface area contributed by atoms with Crippen LogP contribution in [0.1, 0.15) is 28.8 Å². The van der Waals surface area contributed by atoms with E-state index in [0.29, 0.717) is 11.1 Å². The van der Waals surface area contributed by atoms with Gasteiger partial charge in [-0.15, -0.1) is 0 Å². The number of carbonyl (C=O) groups is 1. The molecular formula is C17H18O4. The Hall–Kier alpha value is -2.01. The van der Waals surface area contributed by atoms with Crippen molar-refractivity contribution in [2.75, 3.05) is 7.11 Å². The maximum atomic E-state index is 12.2. The number of ketones is 1. The average Bonchev–Trinajstić information content (AvgIpc) is 2.58. The number of rotatable bonds is 7. The minimum absolute atomic E-state index is 0.0231. The highest BCUT2D eigenvalue weighted by atomic mass is 17.1. The monoisotopic (exact) mass is 286 g/mol. The second kappa shape index (κ2) is 7.13. The summed E-state index contributed by atoms with van der Waals surface area (Å²) in [5.41, 5.74) is 1.30. The lowest BCUT2D eigenvalue weighted by Gasteiger charge is -2.29. The van der Waals surface area contributed by atoms with Crippen LogP contribution < -0.4 is 0 Å². The van der Waals surface area contributed by atoms with Crippen LogP contribution in [0.2, 0.25) is 0 Å².